The number of H-pyrrole nitrogens is 1. The monoisotopic (exact) mass is 403 g/mol. The van der Waals surface area contributed by atoms with Gasteiger partial charge in [0, 0.05) is 43.6 Å². The van der Waals surface area contributed by atoms with E-state index in [-0.39, 0.29) is 11.8 Å². The maximum absolute atomic E-state index is 12.3. The lowest BCUT2D eigenvalue weighted by Crippen LogP contribution is -2.38. The summed E-state index contributed by atoms with van der Waals surface area (Å²) >= 11 is 6.02. The van der Waals surface area contributed by atoms with E-state index in [2.05, 4.69) is 35.8 Å². The van der Waals surface area contributed by atoms with Crippen molar-refractivity contribution in [1.29, 1.82) is 0 Å². The van der Waals surface area contributed by atoms with Gasteiger partial charge in [-0.25, -0.2) is 0 Å². The number of aromatic amines is 1. The molecule has 28 heavy (non-hydrogen) atoms. The fourth-order valence-corrected chi connectivity index (χ4v) is 3.69. The molecule has 1 aromatic carbocycles. The second-order valence-corrected chi connectivity index (χ2v) is 7.48. The Hall–Kier alpha value is -2.68. The molecule has 3 aromatic rings. The Labute approximate surface area is 166 Å². The number of tetrazole rings is 1. The molecule has 1 fully saturated rings. The number of nitrogens with one attached hydrogen (secondary N) is 2. The molecule has 0 spiro atoms. The van der Waals surface area contributed by atoms with Crippen LogP contribution in [-0.4, -0.2) is 51.1 Å². The summed E-state index contributed by atoms with van der Waals surface area (Å²) in [4.78, 5) is 18.9. The first-order valence-corrected chi connectivity index (χ1v) is 9.85. The van der Waals surface area contributed by atoms with Crippen molar-refractivity contribution < 1.29 is 9.21 Å². The molecule has 1 saturated heterocycles. The molecule has 1 aliphatic heterocycles. The Morgan fingerprint density at radius 3 is 3.21 bits per heavy atom. The number of piperidine rings is 1. The summed E-state index contributed by atoms with van der Waals surface area (Å²) in [5, 5.41) is 17.3. The third-order valence-corrected chi connectivity index (χ3v) is 5.13. The Balaban J connectivity index is 1.26. The normalized spacial score (nSPS) is 17.2. The van der Waals surface area contributed by atoms with Gasteiger partial charge in [-0.1, -0.05) is 16.8 Å². The Morgan fingerprint density at radius 1 is 1.43 bits per heavy atom. The lowest BCUT2D eigenvalue weighted by molar-refractivity contribution is -0.122. The lowest BCUT2D eigenvalue weighted by Gasteiger charge is -2.31. The highest BCUT2D eigenvalue weighted by Crippen LogP contribution is 2.28. The van der Waals surface area contributed by atoms with Crippen LogP contribution in [0, 0.1) is 5.92 Å². The summed E-state index contributed by atoms with van der Waals surface area (Å²) in [6.45, 7) is 2.25. The highest BCUT2D eigenvalue weighted by Gasteiger charge is 2.25. The number of hydrogen-bond donors (Lipinski definition) is 2. The van der Waals surface area contributed by atoms with Crippen LogP contribution in [-0.2, 0) is 11.2 Å². The van der Waals surface area contributed by atoms with Gasteiger partial charge in [0.05, 0.1) is 0 Å². The van der Waals surface area contributed by atoms with Crippen LogP contribution in [0.3, 0.4) is 0 Å². The van der Waals surface area contributed by atoms with E-state index in [0.717, 1.165) is 37.9 Å². The first-order chi connectivity index (χ1) is 13.7. The number of rotatable bonds is 7. The van der Waals surface area contributed by atoms with Crippen molar-refractivity contribution in [2.45, 2.75) is 32.1 Å². The third kappa shape index (κ3) is 4.59. The summed E-state index contributed by atoms with van der Waals surface area (Å²) in [7, 11) is 0. The third-order valence-electron chi connectivity index (χ3n) is 4.89. The number of anilines is 1. The number of hydrogen-bond acceptors (Lipinski definition) is 7. The summed E-state index contributed by atoms with van der Waals surface area (Å²) in [5.74, 6) is 1.02. The standard InChI is InChI=1S/C18H22ClN7O2/c19-13-5-6-14-15(10-13)28-18(21-14)26-8-2-3-12(11-26)9-17(27)20-7-1-4-16-22-24-25-23-16/h5-6,10,12H,1-4,7-9,11H2,(H,20,27)(H,22,23,24,25). The van der Waals surface area contributed by atoms with Crippen LogP contribution in [0.4, 0.5) is 6.01 Å². The van der Waals surface area contributed by atoms with Gasteiger partial charge in [-0.3, -0.25) is 4.79 Å². The number of benzene rings is 1. The molecule has 1 amide bonds. The zero-order valence-corrected chi connectivity index (χ0v) is 16.2. The minimum Gasteiger partial charge on any atom is -0.423 e. The van der Waals surface area contributed by atoms with Crippen LogP contribution in [0.5, 0.6) is 0 Å². The summed E-state index contributed by atoms with van der Waals surface area (Å²) in [6, 6.07) is 6.03. The Bertz CT molecular complexity index is 927. The van der Waals surface area contributed by atoms with E-state index in [4.69, 9.17) is 16.0 Å². The summed E-state index contributed by atoms with van der Waals surface area (Å²) in [6.07, 6.45) is 4.02. The highest BCUT2D eigenvalue weighted by atomic mass is 35.5. The van der Waals surface area contributed by atoms with E-state index in [1.54, 1.807) is 12.1 Å². The van der Waals surface area contributed by atoms with Gasteiger partial charge in [-0.05, 0) is 37.3 Å². The van der Waals surface area contributed by atoms with Gasteiger partial charge in [0.1, 0.15) is 5.52 Å². The van der Waals surface area contributed by atoms with Crippen molar-refractivity contribution in [2.75, 3.05) is 24.5 Å². The number of aromatic nitrogens is 5. The number of fused-ring (bicyclic) bond motifs is 1. The highest BCUT2D eigenvalue weighted by molar-refractivity contribution is 6.31. The molecular formula is C18H22ClN7O2. The van der Waals surface area contributed by atoms with Gasteiger partial charge in [-0.15, -0.1) is 10.2 Å². The molecule has 10 heteroatoms. The summed E-state index contributed by atoms with van der Waals surface area (Å²) in [5.41, 5.74) is 1.48. The lowest BCUT2D eigenvalue weighted by atomic mass is 9.94. The average molecular weight is 404 g/mol. The quantitative estimate of drug-likeness (QED) is 0.582. The van der Waals surface area contributed by atoms with Gasteiger partial charge in [0.15, 0.2) is 11.4 Å². The minimum atomic E-state index is 0.0734. The molecule has 1 unspecified atom stereocenters. The SMILES string of the molecule is O=C(CC1CCCN(c2nc3ccc(Cl)cc3o2)C1)NCCCc1nn[nH]n1. The number of carbonyl (C=O) groups is 1. The van der Waals surface area contributed by atoms with Crippen molar-refractivity contribution in [3.8, 4) is 0 Å². The maximum Gasteiger partial charge on any atom is 0.298 e. The fraction of sp³-hybridized carbons (Fsp3) is 0.500. The van der Waals surface area contributed by atoms with Crippen molar-refractivity contribution in [2.24, 2.45) is 5.92 Å². The van der Waals surface area contributed by atoms with Gasteiger partial charge in [-0.2, -0.15) is 10.2 Å². The molecule has 1 atom stereocenters. The average Bonchev–Trinajstić information content (AvgIpc) is 3.35. The predicted octanol–water partition coefficient (Wildman–Crippen LogP) is 2.35. The number of aryl methyl sites for hydroxylation is 1. The molecule has 4 rings (SSSR count). The molecule has 0 radical (unpaired) electrons. The second kappa shape index (κ2) is 8.55. The van der Waals surface area contributed by atoms with Crippen molar-refractivity contribution in [3.63, 3.8) is 0 Å². The van der Waals surface area contributed by atoms with E-state index < -0.39 is 0 Å². The predicted molar refractivity (Wildman–Crippen MR) is 104 cm³/mol. The number of amides is 1. The smallest absolute Gasteiger partial charge is 0.298 e. The summed E-state index contributed by atoms with van der Waals surface area (Å²) < 4.78 is 5.87. The van der Waals surface area contributed by atoms with Crippen molar-refractivity contribution >= 4 is 34.6 Å². The maximum atomic E-state index is 12.3. The minimum absolute atomic E-state index is 0.0734. The number of halogens is 1. The molecule has 0 aliphatic carbocycles. The zero-order chi connectivity index (χ0) is 19.3. The molecule has 148 valence electrons. The molecule has 2 N–H and O–H groups in total. The zero-order valence-electron chi connectivity index (χ0n) is 15.4. The van der Waals surface area contributed by atoms with Crippen LogP contribution in [0.1, 0.15) is 31.5 Å². The topological polar surface area (TPSA) is 113 Å². The van der Waals surface area contributed by atoms with Crippen molar-refractivity contribution in [1.82, 2.24) is 30.9 Å². The largest absolute Gasteiger partial charge is 0.423 e. The van der Waals surface area contributed by atoms with Crippen molar-refractivity contribution in [3.05, 3.63) is 29.0 Å². The van der Waals surface area contributed by atoms with Crippen LogP contribution in [0.2, 0.25) is 5.02 Å². The van der Waals surface area contributed by atoms with E-state index >= 15 is 0 Å². The van der Waals surface area contributed by atoms with Gasteiger partial charge in [0.25, 0.3) is 6.01 Å². The van der Waals surface area contributed by atoms with E-state index in [9.17, 15) is 4.79 Å². The van der Waals surface area contributed by atoms with Crippen LogP contribution in [0.15, 0.2) is 22.6 Å². The van der Waals surface area contributed by atoms with Crippen LogP contribution < -0.4 is 10.2 Å². The molecule has 0 saturated carbocycles. The van der Waals surface area contributed by atoms with Crippen LogP contribution in [0.25, 0.3) is 11.1 Å². The van der Waals surface area contributed by atoms with Gasteiger partial charge >= 0.3 is 0 Å². The second-order valence-electron chi connectivity index (χ2n) is 7.05. The van der Waals surface area contributed by atoms with E-state index in [0.29, 0.717) is 41.8 Å². The number of oxazole rings is 1. The Morgan fingerprint density at radius 2 is 2.36 bits per heavy atom. The molecule has 0 bridgehead atoms. The van der Waals surface area contributed by atoms with E-state index in [1.165, 1.54) is 0 Å². The number of carbonyl (C=O) groups excluding carboxylic acids is 1. The first-order valence-electron chi connectivity index (χ1n) is 9.47. The van der Waals surface area contributed by atoms with Gasteiger partial charge in [0.2, 0.25) is 5.91 Å². The Kier molecular flexibility index (Phi) is 5.70. The number of nitrogens with zero attached hydrogens (tertiary/aromatic N) is 5. The fourth-order valence-electron chi connectivity index (χ4n) is 3.52. The molecule has 2 aromatic heterocycles. The molecular weight excluding hydrogens is 382 g/mol. The van der Waals surface area contributed by atoms with Gasteiger partial charge < -0.3 is 14.6 Å². The first kappa shape index (κ1) is 18.7. The van der Waals surface area contributed by atoms with Crippen LogP contribution >= 0.6 is 11.6 Å². The van der Waals surface area contributed by atoms with E-state index in [1.807, 2.05) is 6.07 Å². The molecule has 1 aliphatic rings. The molecule has 9 nitrogen and oxygen atoms in total. The molecule has 3 heterocycles.